The van der Waals surface area contributed by atoms with Crippen LogP contribution < -0.4 is 4.74 Å². The largest absolute Gasteiger partial charge is 0.479 e. The molecule has 1 unspecified atom stereocenters. The van der Waals surface area contributed by atoms with Gasteiger partial charge in [-0.25, -0.2) is 14.1 Å². The topological polar surface area (TPSA) is 85.6 Å². The molecular weight excluding hydrogens is 475 g/mol. The monoisotopic (exact) mass is 508 g/mol. The molecule has 3 aromatic rings. The normalized spacial score (nSPS) is 17.6. The first kappa shape index (κ1) is 25.3. The summed E-state index contributed by atoms with van der Waals surface area (Å²) in [6.07, 6.45) is 4.68. The number of carbonyl (C=O) groups is 1. The molecule has 0 aliphatic carbocycles. The smallest absolute Gasteiger partial charge is 0.250 e. The molecule has 1 saturated heterocycles. The number of halogens is 1. The Bertz CT molecular complexity index is 1290. The highest BCUT2D eigenvalue weighted by Gasteiger charge is 2.30. The van der Waals surface area contributed by atoms with Gasteiger partial charge in [0.25, 0.3) is 0 Å². The number of hydrogen-bond donors (Lipinski definition) is 0. The van der Waals surface area contributed by atoms with Crippen LogP contribution in [0.25, 0.3) is 16.9 Å². The molecule has 2 aliphatic rings. The maximum Gasteiger partial charge on any atom is 0.250 e. The molecule has 37 heavy (non-hydrogen) atoms. The van der Waals surface area contributed by atoms with E-state index in [2.05, 4.69) is 28.7 Å². The van der Waals surface area contributed by atoms with Gasteiger partial charge < -0.3 is 14.4 Å². The Morgan fingerprint density at radius 1 is 1.11 bits per heavy atom. The van der Waals surface area contributed by atoms with E-state index in [1.165, 1.54) is 13.2 Å². The number of fused-ring (bicyclic) bond motifs is 1. The Balaban J connectivity index is 1.50. The quantitative estimate of drug-likeness (QED) is 0.506. The lowest BCUT2D eigenvalue weighted by Crippen LogP contribution is -2.52. The fourth-order valence-corrected chi connectivity index (χ4v) is 5.12. The third-order valence-corrected chi connectivity index (χ3v) is 7.27. The lowest BCUT2D eigenvalue weighted by molar-refractivity contribution is -0.139. The SMILES string of the molecule is COc1ncc(-n2nc(-c3ccnc(C(C)N4CCN(C(C)C)CC4=O)c3)c3c2CCOCC3)cc1F. The average Bonchev–Trinajstić information content (AvgIpc) is 3.08. The van der Waals surface area contributed by atoms with Crippen LogP contribution >= 0.6 is 0 Å². The highest BCUT2D eigenvalue weighted by atomic mass is 19.1. The van der Waals surface area contributed by atoms with Gasteiger partial charge in [0.1, 0.15) is 0 Å². The lowest BCUT2D eigenvalue weighted by Gasteiger charge is -2.39. The van der Waals surface area contributed by atoms with Gasteiger partial charge in [-0.1, -0.05) is 0 Å². The van der Waals surface area contributed by atoms with Crippen LogP contribution in [0.5, 0.6) is 5.88 Å². The lowest BCUT2D eigenvalue weighted by atomic mass is 10.0. The van der Waals surface area contributed by atoms with Crippen LogP contribution in [-0.4, -0.2) is 81.5 Å². The molecule has 5 heterocycles. The first-order valence-corrected chi connectivity index (χ1v) is 12.8. The Morgan fingerprint density at radius 3 is 2.65 bits per heavy atom. The Hall–Kier alpha value is -3.37. The second-order valence-electron chi connectivity index (χ2n) is 9.78. The minimum Gasteiger partial charge on any atom is -0.479 e. The van der Waals surface area contributed by atoms with Crippen molar-refractivity contribution in [3.05, 3.63) is 53.4 Å². The van der Waals surface area contributed by atoms with Crippen molar-refractivity contribution in [1.82, 2.24) is 29.5 Å². The molecule has 10 heteroatoms. The molecule has 1 amide bonds. The van der Waals surface area contributed by atoms with Crippen molar-refractivity contribution in [1.29, 1.82) is 0 Å². The van der Waals surface area contributed by atoms with Gasteiger partial charge >= 0.3 is 0 Å². The third kappa shape index (κ3) is 4.95. The van der Waals surface area contributed by atoms with Crippen LogP contribution in [0.2, 0.25) is 0 Å². The number of hydrogen-bond acceptors (Lipinski definition) is 7. The van der Waals surface area contributed by atoms with E-state index in [0.717, 1.165) is 34.8 Å². The zero-order valence-corrected chi connectivity index (χ0v) is 21.8. The summed E-state index contributed by atoms with van der Waals surface area (Å²) in [6.45, 7) is 9.33. The summed E-state index contributed by atoms with van der Waals surface area (Å²) >= 11 is 0. The van der Waals surface area contributed by atoms with Crippen molar-refractivity contribution in [3.63, 3.8) is 0 Å². The summed E-state index contributed by atoms with van der Waals surface area (Å²) in [5.74, 6) is -0.482. The van der Waals surface area contributed by atoms with Gasteiger partial charge in [-0.3, -0.25) is 14.7 Å². The van der Waals surface area contributed by atoms with Crippen LogP contribution in [0.3, 0.4) is 0 Å². The fraction of sp³-hybridized carbons (Fsp3) is 0.481. The van der Waals surface area contributed by atoms with Crippen molar-refractivity contribution in [2.75, 3.05) is 40.0 Å². The van der Waals surface area contributed by atoms with Gasteiger partial charge in [0.05, 0.1) is 61.9 Å². The molecule has 0 bridgehead atoms. The van der Waals surface area contributed by atoms with Crippen molar-refractivity contribution in [2.45, 2.75) is 45.7 Å². The molecule has 3 aromatic heterocycles. The third-order valence-electron chi connectivity index (χ3n) is 7.27. The van der Waals surface area contributed by atoms with Gasteiger partial charge in [0.15, 0.2) is 5.82 Å². The first-order chi connectivity index (χ1) is 17.9. The van der Waals surface area contributed by atoms with E-state index >= 15 is 0 Å². The number of ether oxygens (including phenoxy) is 2. The first-order valence-electron chi connectivity index (χ1n) is 12.8. The van der Waals surface area contributed by atoms with E-state index in [1.807, 2.05) is 24.0 Å². The molecule has 0 aromatic carbocycles. The molecule has 5 rings (SSSR count). The number of pyridine rings is 2. The number of aromatic nitrogens is 4. The number of piperazine rings is 1. The highest BCUT2D eigenvalue weighted by molar-refractivity contribution is 5.79. The Morgan fingerprint density at radius 2 is 1.92 bits per heavy atom. The van der Waals surface area contributed by atoms with Gasteiger partial charge in [-0.15, -0.1) is 0 Å². The van der Waals surface area contributed by atoms with Gasteiger partial charge in [-0.05, 0) is 39.3 Å². The van der Waals surface area contributed by atoms with E-state index in [9.17, 15) is 9.18 Å². The zero-order chi connectivity index (χ0) is 26.1. The molecule has 2 aliphatic heterocycles. The number of carbonyl (C=O) groups excluding carboxylic acids is 1. The second kappa shape index (κ2) is 10.5. The predicted molar refractivity (Wildman–Crippen MR) is 136 cm³/mol. The van der Waals surface area contributed by atoms with Crippen LogP contribution in [0.4, 0.5) is 4.39 Å². The van der Waals surface area contributed by atoms with E-state index < -0.39 is 5.82 Å². The molecule has 1 fully saturated rings. The highest BCUT2D eigenvalue weighted by Crippen LogP contribution is 2.32. The summed E-state index contributed by atoms with van der Waals surface area (Å²) in [7, 11) is 1.39. The summed E-state index contributed by atoms with van der Waals surface area (Å²) < 4.78 is 27.0. The predicted octanol–water partition coefficient (Wildman–Crippen LogP) is 3.21. The van der Waals surface area contributed by atoms with E-state index in [1.54, 1.807) is 17.1 Å². The summed E-state index contributed by atoms with van der Waals surface area (Å²) in [5, 5.41) is 4.93. The fourth-order valence-electron chi connectivity index (χ4n) is 5.12. The van der Waals surface area contributed by atoms with E-state index in [-0.39, 0.29) is 17.8 Å². The minimum absolute atomic E-state index is 0.0536. The molecule has 0 radical (unpaired) electrons. The van der Waals surface area contributed by atoms with Crippen molar-refractivity contribution in [2.24, 2.45) is 0 Å². The van der Waals surface area contributed by atoms with Gasteiger partial charge in [0, 0.05) is 48.9 Å². The molecule has 9 nitrogen and oxygen atoms in total. The number of rotatable bonds is 6. The van der Waals surface area contributed by atoms with E-state index in [0.29, 0.717) is 50.9 Å². The summed E-state index contributed by atoms with van der Waals surface area (Å²) in [4.78, 5) is 25.7. The van der Waals surface area contributed by atoms with E-state index in [4.69, 9.17) is 14.6 Å². The van der Waals surface area contributed by atoms with Crippen molar-refractivity contribution in [3.8, 4) is 22.8 Å². The number of methoxy groups -OCH3 is 1. The molecule has 0 N–H and O–H groups in total. The summed E-state index contributed by atoms with van der Waals surface area (Å²) in [5.41, 5.74) is 5.10. The number of amides is 1. The van der Waals surface area contributed by atoms with Gasteiger partial charge in [-0.2, -0.15) is 5.10 Å². The Kier molecular flexibility index (Phi) is 7.21. The molecule has 0 saturated carbocycles. The standard InChI is InChI=1S/C27H33FN6O3/c1-17(2)32-9-10-33(25(35)16-32)18(3)23-13-19(5-8-29-23)26-21-6-11-37-12-7-24(21)34(31-26)20-14-22(28)27(36-4)30-15-20/h5,8,13-15,17-18H,6-7,9-12,16H2,1-4H3. The maximum absolute atomic E-state index is 14.5. The van der Waals surface area contributed by atoms with Crippen LogP contribution in [-0.2, 0) is 22.4 Å². The summed E-state index contributed by atoms with van der Waals surface area (Å²) in [6, 6.07) is 5.51. The van der Waals surface area contributed by atoms with Crippen molar-refractivity contribution < 1.29 is 18.7 Å². The van der Waals surface area contributed by atoms with Crippen molar-refractivity contribution >= 4 is 5.91 Å². The van der Waals surface area contributed by atoms with Crippen LogP contribution in [0.15, 0.2) is 30.6 Å². The van der Waals surface area contributed by atoms with Gasteiger partial charge in [0.2, 0.25) is 11.8 Å². The second-order valence-corrected chi connectivity index (χ2v) is 9.78. The number of nitrogens with zero attached hydrogens (tertiary/aromatic N) is 6. The molecule has 196 valence electrons. The molecule has 0 spiro atoms. The molecular formula is C27H33FN6O3. The maximum atomic E-state index is 14.5. The zero-order valence-electron chi connectivity index (χ0n) is 21.8. The van der Waals surface area contributed by atoms with Crippen LogP contribution in [0.1, 0.15) is 43.8 Å². The molecule has 1 atom stereocenters. The average molecular weight is 509 g/mol. The van der Waals surface area contributed by atoms with Crippen LogP contribution in [0, 0.1) is 5.82 Å². The Labute approximate surface area is 216 Å². The minimum atomic E-state index is -0.544.